The highest BCUT2D eigenvalue weighted by Gasteiger charge is 2.31. The third-order valence-electron chi connectivity index (χ3n) is 1.59. The van der Waals surface area contributed by atoms with E-state index >= 15 is 0 Å². The summed E-state index contributed by atoms with van der Waals surface area (Å²) in [5.41, 5.74) is -0.0136. The van der Waals surface area contributed by atoms with Gasteiger partial charge in [-0.05, 0) is 18.2 Å². The Hall–Kier alpha value is -0.750. The van der Waals surface area contributed by atoms with Crippen molar-refractivity contribution in [2.75, 3.05) is 5.33 Å². The molecule has 0 saturated carbocycles. The minimum Gasteiger partial charge on any atom is -0.406 e. The van der Waals surface area contributed by atoms with E-state index in [1.54, 1.807) is 0 Å². The molecule has 0 atom stereocenters. The number of carbonyl (C=O) groups is 1. The molecule has 2 nitrogen and oxygen atoms in total. The number of hydrogen-bond donors (Lipinski definition) is 0. The lowest BCUT2D eigenvalue weighted by Gasteiger charge is -2.10. The molecule has 0 fully saturated rings. The highest BCUT2D eigenvalue weighted by molar-refractivity contribution is 9.09. The lowest BCUT2D eigenvalue weighted by molar-refractivity contribution is -0.274. The van der Waals surface area contributed by atoms with E-state index in [9.17, 15) is 18.0 Å². The second-order valence-electron chi connectivity index (χ2n) is 2.75. The molecule has 0 heterocycles. The van der Waals surface area contributed by atoms with Crippen LogP contribution in [0, 0.1) is 0 Å². The van der Waals surface area contributed by atoms with Crippen LogP contribution in [0.25, 0.3) is 0 Å². The molecule has 0 saturated heterocycles. The van der Waals surface area contributed by atoms with Crippen LogP contribution in [-0.4, -0.2) is 17.5 Å². The van der Waals surface area contributed by atoms with E-state index in [1.165, 1.54) is 6.07 Å². The predicted octanol–water partition coefficient (Wildman–Crippen LogP) is 3.82. The first kappa shape index (κ1) is 13.3. The summed E-state index contributed by atoms with van der Waals surface area (Å²) in [5.74, 6) is -0.890. The molecule has 0 radical (unpaired) electrons. The third kappa shape index (κ3) is 3.68. The first-order valence-electron chi connectivity index (χ1n) is 3.98. The highest BCUT2D eigenvalue weighted by atomic mass is 79.9. The maximum atomic E-state index is 11.9. The number of benzene rings is 1. The molecule has 0 bridgehead atoms. The van der Waals surface area contributed by atoms with Gasteiger partial charge in [0.1, 0.15) is 5.75 Å². The summed E-state index contributed by atoms with van der Waals surface area (Å²) in [5, 5.41) is 0.0568. The monoisotopic (exact) mass is 316 g/mol. The molecule has 1 aromatic rings. The van der Waals surface area contributed by atoms with Crippen molar-refractivity contribution in [1.29, 1.82) is 0 Å². The molecular formula is C9H5BrClF3O2. The van der Waals surface area contributed by atoms with Gasteiger partial charge < -0.3 is 4.74 Å². The SMILES string of the molecule is O=C(CBr)c1cc(OC(F)(F)F)ccc1Cl. The fourth-order valence-electron chi connectivity index (χ4n) is 0.987. The van der Waals surface area contributed by atoms with Gasteiger partial charge in [-0.2, -0.15) is 0 Å². The molecular weight excluding hydrogens is 312 g/mol. The van der Waals surface area contributed by atoms with Crippen LogP contribution in [0.2, 0.25) is 5.02 Å². The van der Waals surface area contributed by atoms with Crippen molar-refractivity contribution >= 4 is 33.3 Å². The Morgan fingerprint density at radius 3 is 2.56 bits per heavy atom. The highest BCUT2D eigenvalue weighted by Crippen LogP contribution is 2.27. The van der Waals surface area contributed by atoms with Crippen molar-refractivity contribution in [3.63, 3.8) is 0 Å². The zero-order valence-corrected chi connectivity index (χ0v) is 9.99. The second kappa shape index (κ2) is 5.05. The Morgan fingerprint density at radius 1 is 1.44 bits per heavy atom. The molecule has 0 aliphatic rings. The number of ether oxygens (including phenoxy) is 1. The Labute approximate surface area is 102 Å². The summed E-state index contributed by atoms with van der Waals surface area (Å²) in [4.78, 5) is 11.3. The van der Waals surface area contributed by atoms with Crippen LogP contribution in [-0.2, 0) is 0 Å². The van der Waals surface area contributed by atoms with Gasteiger partial charge in [0, 0.05) is 5.56 Å². The summed E-state index contributed by atoms with van der Waals surface area (Å²) in [6.07, 6.45) is -4.79. The average Bonchev–Trinajstić information content (AvgIpc) is 2.18. The minimum absolute atomic E-state index is 0.0136. The fourth-order valence-corrected chi connectivity index (χ4v) is 1.51. The third-order valence-corrected chi connectivity index (χ3v) is 2.43. The van der Waals surface area contributed by atoms with Gasteiger partial charge in [-0.1, -0.05) is 27.5 Å². The number of hydrogen-bond acceptors (Lipinski definition) is 2. The predicted molar refractivity (Wildman–Crippen MR) is 56.3 cm³/mol. The molecule has 0 unspecified atom stereocenters. The van der Waals surface area contributed by atoms with Crippen LogP contribution >= 0.6 is 27.5 Å². The lowest BCUT2D eigenvalue weighted by Crippen LogP contribution is -2.17. The van der Waals surface area contributed by atoms with Gasteiger partial charge in [0.2, 0.25) is 0 Å². The molecule has 16 heavy (non-hydrogen) atoms. The van der Waals surface area contributed by atoms with Crippen molar-refractivity contribution in [2.45, 2.75) is 6.36 Å². The molecule has 0 aliphatic heterocycles. The van der Waals surface area contributed by atoms with Crippen molar-refractivity contribution < 1.29 is 22.7 Å². The van der Waals surface area contributed by atoms with Crippen LogP contribution < -0.4 is 4.74 Å². The Morgan fingerprint density at radius 2 is 2.06 bits per heavy atom. The molecule has 88 valence electrons. The fraction of sp³-hybridized carbons (Fsp3) is 0.222. The Bertz CT molecular complexity index is 406. The molecule has 0 N–H and O–H groups in total. The van der Waals surface area contributed by atoms with Crippen LogP contribution in [0.1, 0.15) is 10.4 Å². The number of Topliss-reactive ketones (excluding diaryl/α,β-unsaturated/α-hetero) is 1. The molecule has 0 aromatic heterocycles. The van der Waals surface area contributed by atoms with Gasteiger partial charge in [-0.3, -0.25) is 4.79 Å². The van der Waals surface area contributed by atoms with E-state index in [0.717, 1.165) is 12.1 Å². The van der Waals surface area contributed by atoms with E-state index in [-0.39, 0.29) is 15.9 Å². The topological polar surface area (TPSA) is 26.3 Å². The molecule has 0 aliphatic carbocycles. The Balaban J connectivity index is 3.03. The van der Waals surface area contributed by atoms with Crippen LogP contribution in [0.4, 0.5) is 13.2 Å². The van der Waals surface area contributed by atoms with Gasteiger partial charge >= 0.3 is 6.36 Å². The van der Waals surface area contributed by atoms with Gasteiger partial charge in [0.25, 0.3) is 0 Å². The van der Waals surface area contributed by atoms with Gasteiger partial charge in [0.15, 0.2) is 5.78 Å². The maximum absolute atomic E-state index is 11.9. The van der Waals surface area contributed by atoms with Gasteiger partial charge in [0.05, 0.1) is 10.4 Å². The van der Waals surface area contributed by atoms with Crippen molar-refractivity contribution in [2.24, 2.45) is 0 Å². The molecule has 1 aromatic carbocycles. The largest absolute Gasteiger partial charge is 0.573 e. The van der Waals surface area contributed by atoms with Gasteiger partial charge in [-0.25, -0.2) is 0 Å². The lowest BCUT2D eigenvalue weighted by atomic mass is 10.1. The summed E-state index contributed by atoms with van der Waals surface area (Å²) < 4.78 is 39.4. The number of ketones is 1. The van der Waals surface area contributed by atoms with Crippen molar-refractivity contribution in [3.05, 3.63) is 28.8 Å². The van der Waals surface area contributed by atoms with E-state index in [1.807, 2.05) is 0 Å². The van der Waals surface area contributed by atoms with E-state index in [2.05, 4.69) is 20.7 Å². The van der Waals surface area contributed by atoms with E-state index < -0.39 is 17.9 Å². The number of carbonyl (C=O) groups excluding carboxylic acids is 1. The number of rotatable bonds is 3. The quantitative estimate of drug-likeness (QED) is 0.626. The zero-order chi connectivity index (χ0) is 12.3. The molecule has 0 amide bonds. The minimum atomic E-state index is -4.79. The summed E-state index contributed by atoms with van der Waals surface area (Å²) in [7, 11) is 0. The molecule has 1 rings (SSSR count). The van der Waals surface area contributed by atoms with Crippen LogP contribution in [0.3, 0.4) is 0 Å². The first-order valence-corrected chi connectivity index (χ1v) is 5.48. The maximum Gasteiger partial charge on any atom is 0.573 e. The summed E-state index contributed by atoms with van der Waals surface area (Å²) >= 11 is 8.56. The number of halogens is 5. The standard InChI is InChI=1S/C9H5BrClF3O2/c10-4-8(15)6-3-5(1-2-7(6)11)16-9(12,13)14/h1-3H,4H2. The van der Waals surface area contributed by atoms with E-state index in [4.69, 9.17) is 11.6 Å². The normalized spacial score (nSPS) is 11.3. The second-order valence-corrected chi connectivity index (χ2v) is 3.71. The smallest absolute Gasteiger partial charge is 0.406 e. The number of alkyl halides is 4. The Kier molecular flexibility index (Phi) is 4.21. The van der Waals surface area contributed by atoms with Crippen LogP contribution in [0.15, 0.2) is 18.2 Å². The van der Waals surface area contributed by atoms with Crippen molar-refractivity contribution in [3.8, 4) is 5.75 Å². The van der Waals surface area contributed by atoms with Gasteiger partial charge in [-0.15, -0.1) is 13.2 Å². The zero-order valence-electron chi connectivity index (χ0n) is 7.65. The van der Waals surface area contributed by atoms with E-state index in [0.29, 0.717) is 0 Å². The van der Waals surface area contributed by atoms with Crippen molar-refractivity contribution in [1.82, 2.24) is 0 Å². The summed E-state index contributed by atoms with van der Waals surface area (Å²) in [6, 6.07) is 3.18. The summed E-state index contributed by atoms with van der Waals surface area (Å²) in [6.45, 7) is 0. The first-order chi connectivity index (χ1) is 7.33. The average molecular weight is 317 g/mol. The molecule has 0 spiro atoms. The van der Waals surface area contributed by atoms with Crippen LogP contribution in [0.5, 0.6) is 5.75 Å². The molecule has 7 heteroatoms.